The minimum Gasteiger partial charge on any atom is -0.493 e. The lowest BCUT2D eigenvalue weighted by atomic mass is 10.3. The number of hydrogen-bond donors (Lipinski definition) is 0. The first-order valence-electron chi connectivity index (χ1n) is 5.36. The number of hydrogen-bond acceptors (Lipinski definition) is 4. The van der Waals surface area contributed by atoms with E-state index in [0.29, 0.717) is 0 Å². The Hall–Kier alpha value is -2.63. The van der Waals surface area contributed by atoms with E-state index in [-0.39, 0.29) is 22.9 Å². The highest BCUT2D eigenvalue weighted by Gasteiger charge is 2.13. The summed E-state index contributed by atoms with van der Waals surface area (Å²) in [5, 5.41) is 10.6. The summed E-state index contributed by atoms with van der Waals surface area (Å²) in [5.41, 5.74) is -0.132. The SMILES string of the molecule is COc1cccc(F)c1Oc1cccc([N+](=O)[O-])c1. The van der Waals surface area contributed by atoms with E-state index in [1.54, 1.807) is 0 Å². The van der Waals surface area contributed by atoms with Crippen molar-refractivity contribution in [3.05, 3.63) is 58.4 Å². The van der Waals surface area contributed by atoms with Gasteiger partial charge in [-0.2, -0.15) is 0 Å². The fraction of sp³-hybridized carbons (Fsp3) is 0.0769. The van der Waals surface area contributed by atoms with Gasteiger partial charge in [0.1, 0.15) is 5.75 Å². The zero-order valence-electron chi connectivity index (χ0n) is 10.00. The molecule has 0 aromatic heterocycles. The molecule has 0 atom stereocenters. The largest absolute Gasteiger partial charge is 0.493 e. The first-order chi connectivity index (χ1) is 9.11. The monoisotopic (exact) mass is 263 g/mol. The molecule has 0 unspecified atom stereocenters. The molecule has 0 N–H and O–H groups in total. The number of nitrogens with zero attached hydrogens (tertiary/aromatic N) is 1. The van der Waals surface area contributed by atoms with Crippen molar-refractivity contribution < 1.29 is 18.8 Å². The van der Waals surface area contributed by atoms with E-state index in [0.717, 1.165) is 0 Å². The smallest absolute Gasteiger partial charge is 0.273 e. The van der Waals surface area contributed by atoms with Crippen LogP contribution < -0.4 is 9.47 Å². The van der Waals surface area contributed by atoms with Gasteiger partial charge < -0.3 is 9.47 Å². The molecule has 98 valence electrons. The van der Waals surface area contributed by atoms with E-state index in [4.69, 9.17) is 9.47 Å². The van der Waals surface area contributed by atoms with Crippen LogP contribution in [0.1, 0.15) is 0 Å². The Labute approximate surface area is 108 Å². The maximum atomic E-state index is 13.6. The minimum absolute atomic E-state index is 0.106. The fourth-order valence-electron chi connectivity index (χ4n) is 1.53. The van der Waals surface area contributed by atoms with Gasteiger partial charge in [-0.05, 0) is 18.2 Å². The van der Waals surface area contributed by atoms with Crippen molar-refractivity contribution in [1.29, 1.82) is 0 Å². The van der Waals surface area contributed by atoms with Crippen LogP contribution >= 0.6 is 0 Å². The van der Waals surface area contributed by atoms with Crippen LogP contribution in [0.2, 0.25) is 0 Å². The molecule has 0 saturated heterocycles. The summed E-state index contributed by atoms with van der Waals surface area (Å²) < 4.78 is 23.9. The van der Waals surface area contributed by atoms with E-state index in [9.17, 15) is 14.5 Å². The lowest BCUT2D eigenvalue weighted by Gasteiger charge is -2.10. The van der Waals surface area contributed by atoms with Gasteiger partial charge in [0.25, 0.3) is 5.69 Å². The predicted molar refractivity (Wildman–Crippen MR) is 66.1 cm³/mol. The minimum atomic E-state index is -0.606. The average Bonchev–Trinajstić information content (AvgIpc) is 2.41. The Morgan fingerprint density at radius 2 is 1.95 bits per heavy atom. The van der Waals surface area contributed by atoms with Gasteiger partial charge in [0, 0.05) is 6.07 Å². The number of ether oxygens (including phenoxy) is 2. The third-order valence-corrected chi connectivity index (χ3v) is 2.40. The third kappa shape index (κ3) is 2.79. The third-order valence-electron chi connectivity index (χ3n) is 2.40. The van der Waals surface area contributed by atoms with E-state index in [2.05, 4.69) is 0 Å². The summed E-state index contributed by atoms with van der Waals surface area (Å²) in [6.07, 6.45) is 0. The van der Waals surface area contributed by atoms with Crippen LogP contribution in [-0.2, 0) is 0 Å². The highest BCUT2D eigenvalue weighted by molar-refractivity contribution is 5.46. The van der Waals surface area contributed by atoms with Crippen molar-refractivity contribution in [2.24, 2.45) is 0 Å². The quantitative estimate of drug-likeness (QED) is 0.625. The van der Waals surface area contributed by atoms with Gasteiger partial charge >= 0.3 is 0 Å². The molecule has 0 amide bonds. The van der Waals surface area contributed by atoms with Crippen LogP contribution in [0.4, 0.5) is 10.1 Å². The molecular weight excluding hydrogens is 253 g/mol. The second-order valence-electron chi connectivity index (χ2n) is 3.63. The Balaban J connectivity index is 2.36. The number of nitro benzene ring substituents is 1. The summed E-state index contributed by atoms with van der Waals surface area (Å²) in [4.78, 5) is 10.1. The van der Waals surface area contributed by atoms with Gasteiger partial charge in [0.15, 0.2) is 11.6 Å². The highest BCUT2D eigenvalue weighted by Crippen LogP contribution is 2.34. The number of non-ortho nitro benzene ring substituents is 1. The summed E-state index contributed by atoms with van der Waals surface area (Å²) in [6, 6.07) is 9.73. The first kappa shape index (κ1) is 12.8. The van der Waals surface area contributed by atoms with Crippen molar-refractivity contribution >= 4 is 5.69 Å². The standard InChI is InChI=1S/C13H10FNO4/c1-18-12-7-3-6-11(14)13(12)19-10-5-2-4-9(8-10)15(16)17/h2-8H,1H3. The van der Waals surface area contributed by atoms with Gasteiger partial charge in [-0.15, -0.1) is 0 Å². The second-order valence-corrected chi connectivity index (χ2v) is 3.63. The van der Waals surface area contributed by atoms with Crippen molar-refractivity contribution in [2.45, 2.75) is 0 Å². The van der Waals surface area contributed by atoms with Gasteiger partial charge in [-0.3, -0.25) is 10.1 Å². The normalized spacial score (nSPS) is 10.0. The summed E-state index contributed by atoms with van der Waals surface area (Å²) in [5.74, 6) is -0.333. The van der Waals surface area contributed by atoms with Gasteiger partial charge in [-0.25, -0.2) is 4.39 Å². The number of halogens is 1. The Morgan fingerprint density at radius 3 is 2.63 bits per heavy atom. The fourth-order valence-corrected chi connectivity index (χ4v) is 1.53. The predicted octanol–water partition coefficient (Wildman–Crippen LogP) is 3.53. The van der Waals surface area contributed by atoms with E-state index < -0.39 is 10.7 Å². The van der Waals surface area contributed by atoms with Gasteiger partial charge in [0.2, 0.25) is 5.75 Å². The van der Waals surface area contributed by atoms with E-state index >= 15 is 0 Å². The molecule has 0 radical (unpaired) electrons. The topological polar surface area (TPSA) is 61.6 Å². The average molecular weight is 263 g/mol. The lowest BCUT2D eigenvalue weighted by Crippen LogP contribution is -1.94. The Bertz CT molecular complexity index is 615. The number of benzene rings is 2. The molecule has 19 heavy (non-hydrogen) atoms. The Kier molecular flexibility index (Phi) is 3.61. The van der Waals surface area contributed by atoms with Crippen LogP contribution in [0.25, 0.3) is 0 Å². The van der Waals surface area contributed by atoms with Crippen LogP contribution in [0.3, 0.4) is 0 Å². The number of rotatable bonds is 4. The highest BCUT2D eigenvalue weighted by atomic mass is 19.1. The molecule has 0 spiro atoms. The molecule has 2 rings (SSSR count). The van der Waals surface area contributed by atoms with Crippen LogP contribution in [0.5, 0.6) is 17.2 Å². The maximum absolute atomic E-state index is 13.6. The van der Waals surface area contributed by atoms with Crippen molar-refractivity contribution in [3.63, 3.8) is 0 Å². The number of methoxy groups -OCH3 is 1. The molecule has 2 aromatic rings. The van der Waals surface area contributed by atoms with Gasteiger partial charge in [0.05, 0.1) is 18.1 Å². The van der Waals surface area contributed by atoms with Crippen LogP contribution in [0.15, 0.2) is 42.5 Å². The molecule has 0 bridgehead atoms. The molecular formula is C13H10FNO4. The zero-order valence-corrected chi connectivity index (χ0v) is 10.00. The molecule has 0 saturated carbocycles. The zero-order chi connectivity index (χ0) is 13.8. The van der Waals surface area contributed by atoms with Crippen molar-refractivity contribution in [2.75, 3.05) is 7.11 Å². The summed E-state index contributed by atoms with van der Waals surface area (Å²) >= 11 is 0. The molecule has 0 aliphatic heterocycles. The molecule has 0 aliphatic carbocycles. The lowest BCUT2D eigenvalue weighted by molar-refractivity contribution is -0.384. The number of para-hydroxylation sites is 1. The summed E-state index contributed by atoms with van der Waals surface area (Å²) in [6.45, 7) is 0. The number of nitro groups is 1. The van der Waals surface area contributed by atoms with Gasteiger partial charge in [-0.1, -0.05) is 12.1 Å². The van der Waals surface area contributed by atoms with E-state index in [1.165, 1.54) is 49.6 Å². The van der Waals surface area contributed by atoms with Crippen molar-refractivity contribution in [1.82, 2.24) is 0 Å². The molecule has 0 fully saturated rings. The molecule has 6 heteroatoms. The van der Waals surface area contributed by atoms with Crippen LogP contribution in [-0.4, -0.2) is 12.0 Å². The molecule has 0 aliphatic rings. The molecule has 5 nitrogen and oxygen atoms in total. The molecule has 2 aromatic carbocycles. The Morgan fingerprint density at radius 1 is 1.21 bits per heavy atom. The van der Waals surface area contributed by atoms with Crippen LogP contribution in [0, 0.1) is 15.9 Å². The van der Waals surface area contributed by atoms with E-state index in [1.807, 2.05) is 0 Å². The second kappa shape index (κ2) is 5.34. The maximum Gasteiger partial charge on any atom is 0.273 e. The van der Waals surface area contributed by atoms with Crippen molar-refractivity contribution in [3.8, 4) is 17.2 Å². The molecule has 0 heterocycles. The first-order valence-corrected chi connectivity index (χ1v) is 5.36. The summed E-state index contributed by atoms with van der Waals surface area (Å²) in [7, 11) is 1.38.